The molecule has 2 heterocycles. The zero-order valence-electron chi connectivity index (χ0n) is 18.1. The summed E-state index contributed by atoms with van der Waals surface area (Å²) in [6, 6.07) is 10.9. The topological polar surface area (TPSA) is 120 Å². The molecule has 0 fully saturated rings. The number of carboxylic acid groups (broad SMARTS) is 1. The van der Waals surface area contributed by atoms with E-state index in [0.29, 0.717) is 31.0 Å². The minimum atomic E-state index is -0.976. The molecule has 1 aromatic carbocycles. The number of rotatable bonds is 10. The predicted octanol–water partition coefficient (Wildman–Crippen LogP) is 2.89. The van der Waals surface area contributed by atoms with Crippen molar-refractivity contribution in [2.24, 2.45) is 0 Å². The highest BCUT2D eigenvalue weighted by atomic mass is 16.5. The molecule has 0 saturated heterocycles. The number of imidazole rings is 1. The summed E-state index contributed by atoms with van der Waals surface area (Å²) in [5, 5.41) is 12.1. The zero-order chi connectivity index (χ0) is 22.9. The number of carbonyl (C=O) groups excluding carboxylic acids is 1. The normalized spacial score (nSPS) is 11.7. The van der Waals surface area contributed by atoms with Crippen molar-refractivity contribution >= 4 is 17.7 Å². The second kappa shape index (κ2) is 11.1. The van der Waals surface area contributed by atoms with Crippen LogP contribution >= 0.6 is 0 Å². The Hall–Kier alpha value is -3.72. The first-order chi connectivity index (χ1) is 15.5. The predicted molar refractivity (Wildman–Crippen MR) is 121 cm³/mol. The van der Waals surface area contributed by atoms with E-state index in [0.717, 1.165) is 17.0 Å². The standard InChI is InChI=1S/C23H27N5O4/c1-3-32-20(22(29)30)14-16-4-6-17(7-5-16)19-15-18(8-10-24-19)28(2)23(31)27-11-9-21-25-12-13-26-21/h4-8,10,12-13,15,20H,3,9,11,14H2,1-2H3,(H,25,26)(H,27,31)(H,29,30)/t20-/m0/s1. The molecular formula is C23H27N5O4. The lowest BCUT2D eigenvalue weighted by atomic mass is 10.0. The number of aliphatic carboxylic acids is 1. The number of carboxylic acids is 1. The van der Waals surface area contributed by atoms with Crippen LogP contribution in [0, 0.1) is 0 Å². The van der Waals surface area contributed by atoms with Gasteiger partial charge in [0.05, 0.1) is 5.69 Å². The number of hydrogen-bond acceptors (Lipinski definition) is 5. The second-order valence-corrected chi connectivity index (χ2v) is 7.16. The van der Waals surface area contributed by atoms with E-state index < -0.39 is 12.1 Å². The highest BCUT2D eigenvalue weighted by Crippen LogP contribution is 2.23. The number of nitrogens with one attached hydrogen (secondary N) is 2. The van der Waals surface area contributed by atoms with Crippen LogP contribution in [0.4, 0.5) is 10.5 Å². The Morgan fingerprint density at radius 3 is 2.62 bits per heavy atom. The summed E-state index contributed by atoms with van der Waals surface area (Å²) in [4.78, 5) is 36.8. The third kappa shape index (κ3) is 6.14. The number of carbonyl (C=O) groups is 2. The van der Waals surface area contributed by atoms with E-state index in [1.54, 1.807) is 38.6 Å². The van der Waals surface area contributed by atoms with Crippen LogP contribution in [0.3, 0.4) is 0 Å². The molecule has 3 N–H and O–H groups in total. The van der Waals surface area contributed by atoms with Crippen LogP contribution in [-0.4, -0.2) is 58.4 Å². The fourth-order valence-electron chi connectivity index (χ4n) is 3.19. The van der Waals surface area contributed by atoms with Crippen molar-refractivity contribution in [3.8, 4) is 11.3 Å². The van der Waals surface area contributed by atoms with E-state index in [2.05, 4.69) is 20.3 Å². The number of urea groups is 1. The van der Waals surface area contributed by atoms with E-state index in [1.165, 1.54) is 4.90 Å². The molecule has 0 unspecified atom stereocenters. The molecule has 0 spiro atoms. The van der Waals surface area contributed by atoms with Gasteiger partial charge in [-0.05, 0) is 24.6 Å². The van der Waals surface area contributed by atoms with Crippen LogP contribution in [0.1, 0.15) is 18.3 Å². The second-order valence-electron chi connectivity index (χ2n) is 7.16. The summed E-state index contributed by atoms with van der Waals surface area (Å²) in [5.41, 5.74) is 3.14. The van der Waals surface area contributed by atoms with Crippen LogP contribution in [0.15, 0.2) is 55.0 Å². The molecule has 3 rings (SSSR count). The van der Waals surface area contributed by atoms with Gasteiger partial charge in [-0.1, -0.05) is 24.3 Å². The quantitative estimate of drug-likeness (QED) is 0.449. The Bertz CT molecular complexity index is 1020. The summed E-state index contributed by atoms with van der Waals surface area (Å²) in [6.45, 7) is 2.58. The highest BCUT2D eigenvalue weighted by Gasteiger charge is 2.18. The van der Waals surface area contributed by atoms with E-state index in [9.17, 15) is 14.7 Å². The summed E-state index contributed by atoms with van der Waals surface area (Å²) < 4.78 is 5.28. The fraction of sp³-hybridized carbons (Fsp3) is 0.304. The van der Waals surface area contributed by atoms with Gasteiger partial charge in [-0.3, -0.25) is 9.88 Å². The molecule has 2 amide bonds. The van der Waals surface area contributed by atoms with Crippen molar-refractivity contribution in [2.75, 3.05) is 25.1 Å². The molecule has 168 valence electrons. The molecule has 9 heteroatoms. The Morgan fingerprint density at radius 1 is 1.19 bits per heavy atom. The lowest BCUT2D eigenvalue weighted by molar-refractivity contribution is -0.149. The molecule has 0 saturated carbocycles. The maximum atomic E-state index is 12.5. The Balaban J connectivity index is 1.63. The molecule has 2 aromatic heterocycles. The third-order valence-corrected chi connectivity index (χ3v) is 4.94. The van der Waals surface area contributed by atoms with Gasteiger partial charge in [0.25, 0.3) is 0 Å². The number of benzene rings is 1. The maximum Gasteiger partial charge on any atom is 0.333 e. The maximum absolute atomic E-state index is 12.5. The molecule has 0 bridgehead atoms. The minimum absolute atomic E-state index is 0.223. The Kier molecular flexibility index (Phi) is 7.93. The first kappa shape index (κ1) is 23.0. The van der Waals surface area contributed by atoms with Gasteiger partial charge >= 0.3 is 12.0 Å². The molecule has 0 radical (unpaired) electrons. The molecule has 3 aromatic rings. The molecular weight excluding hydrogens is 410 g/mol. The fourth-order valence-corrected chi connectivity index (χ4v) is 3.19. The first-order valence-electron chi connectivity index (χ1n) is 10.4. The van der Waals surface area contributed by atoms with Gasteiger partial charge in [0, 0.05) is 62.9 Å². The van der Waals surface area contributed by atoms with Gasteiger partial charge in [0.2, 0.25) is 0 Å². The van der Waals surface area contributed by atoms with Gasteiger partial charge in [0.1, 0.15) is 5.82 Å². The number of ether oxygens (including phenoxy) is 1. The van der Waals surface area contributed by atoms with Gasteiger partial charge in [-0.2, -0.15) is 0 Å². The average molecular weight is 438 g/mol. The lowest BCUT2D eigenvalue weighted by Gasteiger charge is -2.18. The van der Waals surface area contributed by atoms with Gasteiger partial charge in [-0.25, -0.2) is 14.6 Å². The summed E-state index contributed by atoms with van der Waals surface area (Å²) in [5.74, 6) is -0.158. The molecule has 0 aliphatic rings. The van der Waals surface area contributed by atoms with E-state index >= 15 is 0 Å². The molecule has 9 nitrogen and oxygen atoms in total. The van der Waals surface area contributed by atoms with Crippen molar-refractivity contribution in [1.82, 2.24) is 20.3 Å². The molecule has 1 atom stereocenters. The van der Waals surface area contributed by atoms with E-state index in [4.69, 9.17) is 4.74 Å². The number of aromatic amines is 1. The number of H-pyrrole nitrogens is 1. The van der Waals surface area contributed by atoms with Crippen LogP contribution < -0.4 is 10.2 Å². The smallest absolute Gasteiger partial charge is 0.333 e. The highest BCUT2D eigenvalue weighted by molar-refractivity contribution is 5.91. The number of amides is 2. The van der Waals surface area contributed by atoms with Crippen molar-refractivity contribution in [3.05, 3.63) is 66.4 Å². The number of hydrogen-bond donors (Lipinski definition) is 3. The summed E-state index contributed by atoms with van der Waals surface area (Å²) >= 11 is 0. The van der Waals surface area contributed by atoms with E-state index in [-0.39, 0.29) is 12.5 Å². The lowest BCUT2D eigenvalue weighted by Crippen LogP contribution is -2.38. The van der Waals surface area contributed by atoms with Crippen molar-refractivity contribution < 1.29 is 19.4 Å². The summed E-state index contributed by atoms with van der Waals surface area (Å²) in [7, 11) is 1.70. The Labute approximate surface area is 186 Å². The Morgan fingerprint density at radius 2 is 1.97 bits per heavy atom. The molecule has 32 heavy (non-hydrogen) atoms. The van der Waals surface area contributed by atoms with E-state index in [1.807, 2.05) is 30.3 Å². The monoisotopic (exact) mass is 437 g/mol. The summed E-state index contributed by atoms with van der Waals surface area (Å²) in [6.07, 6.45) is 5.12. The van der Waals surface area contributed by atoms with Crippen molar-refractivity contribution in [2.45, 2.75) is 25.9 Å². The van der Waals surface area contributed by atoms with Crippen molar-refractivity contribution in [1.29, 1.82) is 0 Å². The van der Waals surface area contributed by atoms with Crippen LogP contribution in [0.25, 0.3) is 11.3 Å². The van der Waals surface area contributed by atoms with Crippen LogP contribution in [0.2, 0.25) is 0 Å². The van der Waals surface area contributed by atoms with Gasteiger partial charge < -0.3 is 20.1 Å². The number of anilines is 1. The third-order valence-electron chi connectivity index (χ3n) is 4.94. The molecule has 0 aliphatic heterocycles. The largest absolute Gasteiger partial charge is 0.479 e. The van der Waals surface area contributed by atoms with Crippen LogP contribution in [-0.2, 0) is 22.4 Å². The van der Waals surface area contributed by atoms with Crippen molar-refractivity contribution in [3.63, 3.8) is 0 Å². The SMILES string of the molecule is CCO[C@@H](Cc1ccc(-c2cc(N(C)C(=O)NCCc3ncc[nH]3)ccn2)cc1)C(=O)O. The van der Waals surface area contributed by atoms with Crippen LogP contribution in [0.5, 0.6) is 0 Å². The number of nitrogens with zero attached hydrogens (tertiary/aromatic N) is 3. The first-order valence-corrected chi connectivity index (χ1v) is 10.4. The molecule has 0 aliphatic carbocycles. The minimum Gasteiger partial charge on any atom is -0.479 e. The van der Waals surface area contributed by atoms with Gasteiger partial charge in [-0.15, -0.1) is 0 Å². The van der Waals surface area contributed by atoms with Gasteiger partial charge in [0.15, 0.2) is 6.10 Å². The number of pyridine rings is 1. The number of aromatic nitrogens is 3. The average Bonchev–Trinajstić information content (AvgIpc) is 3.32. The zero-order valence-corrected chi connectivity index (χ0v) is 18.1.